The molecule has 0 amide bonds. The molecule has 1 aliphatic rings. The van der Waals surface area contributed by atoms with E-state index in [0.717, 1.165) is 39.2 Å². The molecule has 1 aliphatic carbocycles. The molecule has 2 atom stereocenters. The van der Waals surface area contributed by atoms with E-state index in [1.165, 1.54) is 0 Å². The Morgan fingerprint density at radius 3 is 2.33 bits per heavy atom. The van der Waals surface area contributed by atoms with Crippen LogP contribution < -0.4 is 5.73 Å². The first-order chi connectivity index (χ1) is 8.36. The van der Waals surface area contributed by atoms with Crippen molar-refractivity contribution in [2.24, 2.45) is 17.6 Å². The molecule has 1 fully saturated rings. The van der Waals surface area contributed by atoms with Crippen molar-refractivity contribution < 1.29 is 22.7 Å². The molecule has 0 spiro atoms. The number of ether oxygens (including phenoxy) is 1. The summed E-state index contributed by atoms with van der Waals surface area (Å²) in [6.07, 6.45) is 0.501. The number of hydrogen-bond donors (Lipinski definition) is 1. The molecule has 106 valence electrons. The maximum atomic E-state index is 12.6. The molecule has 0 unspecified atom stereocenters. The summed E-state index contributed by atoms with van der Waals surface area (Å²) in [5.74, 6) is -1.99. The van der Waals surface area contributed by atoms with Crippen molar-refractivity contribution in [3.05, 3.63) is 0 Å². The highest BCUT2D eigenvalue weighted by atomic mass is 19.4. The predicted molar refractivity (Wildman–Crippen MR) is 60.7 cm³/mol. The van der Waals surface area contributed by atoms with Crippen LogP contribution in [0.2, 0.25) is 0 Å². The number of rotatable bonds is 4. The summed E-state index contributed by atoms with van der Waals surface area (Å²) in [7, 11) is 1.10. The summed E-state index contributed by atoms with van der Waals surface area (Å²) in [5, 5.41) is 0. The molecular formula is C12H20F3NO2. The third-order valence-electron chi connectivity index (χ3n) is 3.63. The van der Waals surface area contributed by atoms with E-state index in [-0.39, 0.29) is 12.3 Å². The van der Waals surface area contributed by atoms with Gasteiger partial charge in [-0.25, -0.2) is 0 Å². The van der Waals surface area contributed by atoms with Gasteiger partial charge in [0.2, 0.25) is 0 Å². The van der Waals surface area contributed by atoms with Crippen LogP contribution in [0.3, 0.4) is 0 Å². The molecule has 0 saturated heterocycles. The molecule has 0 radical (unpaired) electrons. The minimum atomic E-state index is -4.56. The number of carbonyl (C=O) groups is 1. The van der Waals surface area contributed by atoms with Gasteiger partial charge in [0.1, 0.15) is 6.04 Å². The molecule has 2 N–H and O–H groups in total. The van der Waals surface area contributed by atoms with E-state index >= 15 is 0 Å². The molecule has 18 heavy (non-hydrogen) atoms. The van der Waals surface area contributed by atoms with Gasteiger partial charge in [-0.05, 0) is 12.3 Å². The van der Waals surface area contributed by atoms with Crippen molar-refractivity contribution in [2.75, 3.05) is 7.11 Å². The van der Waals surface area contributed by atoms with E-state index in [0.29, 0.717) is 0 Å². The lowest BCUT2D eigenvalue weighted by molar-refractivity contribution is -0.176. The van der Waals surface area contributed by atoms with Gasteiger partial charge in [-0.1, -0.05) is 32.1 Å². The lowest BCUT2D eigenvalue weighted by Gasteiger charge is -2.29. The first-order valence-corrected chi connectivity index (χ1v) is 6.26. The lowest BCUT2D eigenvalue weighted by atomic mass is 9.80. The Morgan fingerprint density at radius 1 is 1.33 bits per heavy atom. The zero-order valence-electron chi connectivity index (χ0n) is 10.5. The summed E-state index contributed by atoms with van der Waals surface area (Å²) in [6.45, 7) is 0. The highest BCUT2D eigenvalue weighted by Crippen LogP contribution is 2.34. The molecule has 0 aromatic rings. The normalized spacial score (nSPS) is 21.4. The van der Waals surface area contributed by atoms with E-state index in [1.54, 1.807) is 0 Å². The Kier molecular flexibility index (Phi) is 5.44. The molecule has 0 aliphatic heterocycles. The summed E-state index contributed by atoms with van der Waals surface area (Å²) >= 11 is 0. The molecule has 0 aromatic carbocycles. The number of alkyl halides is 3. The standard InChI is InChI=1S/C12H20F3NO2/c1-18-11(17)9(10(16)12(13,14)15)7-8-5-3-2-4-6-8/h8-10H,2-7,16H2,1H3/t9-,10-/m1/s1. The summed E-state index contributed by atoms with van der Waals surface area (Å²) in [6, 6.07) is -2.13. The molecule has 3 nitrogen and oxygen atoms in total. The molecule has 0 bridgehead atoms. The van der Waals surface area contributed by atoms with E-state index in [9.17, 15) is 18.0 Å². The van der Waals surface area contributed by atoms with Gasteiger partial charge in [0, 0.05) is 0 Å². The van der Waals surface area contributed by atoms with Crippen LogP contribution >= 0.6 is 0 Å². The van der Waals surface area contributed by atoms with E-state index < -0.39 is 24.1 Å². The SMILES string of the molecule is COC(=O)[C@H](CC1CCCCC1)[C@@H](N)C(F)(F)F. The second kappa shape index (κ2) is 6.41. The van der Waals surface area contributed by atoms with E-state index in [4.69, 9.17) is 5.73 Å². The van der Waals surface area contributed by atoms with Crippen LogP contribution in [-0.2, 0) is 9.53 Å². The molecular weight excluding hydrogens is 247 g/mol. The fraction of sp³-hybridized carbons (Fsp3) is 0.917. The fourth-order valence-electron chi connectivity index (χ4n) is 2.55. The number of hydrogen-bond acceptors (Lipinski definition) is 3. The number of methoxy groups -OCH3 is 1. The molecule has 1 rings (SSSR count). The minimum Gasteiger partial charge on any atom is -0.469 e. The fourth-order valence-corrected chi connectivity index (χ4v) is 2.55. The van der Waals surface area contributed by atoms with Crippen LogP contribution in [0.15, 0.2) is 0 Å². The largest absolute Gasteiger partial charge is 0.469 e. The van der Waals surface area contributed by atoms with Crippen LogP contribution in [0, 0.1) is 11.8 Å². The van der Waals surface area contributed by atoms with E-state index in [2.05, 4.69) is 4.74 Å². The smallest absolute Gasteiger partial charge is 0.404 e. The monoisotopic (exact) mass is 267 g/mol. The maximum Gasteiger partial charge on any atom is 0.404 e. The summed E-state index contributed by atoms with van der Waals surface area (Å²) < 4.78 is 42.3. The second-order valence-electron chi connectivity index (χ2n) is 4.94. The summed E-state index contributed by atoms with van der Waals surface area (Å²) in [5.41, 5.74) is 5.16. The second-order valence-corrected chi connectivity index (χ2v) is 4.94. The van der Waals surface area contributed by atoms with Gasteiger partial charge in [-0.3, -0.25) is 4.79 Å². The van der Waals surface area contributed by atoms with Crippen molar-refractivity contribution in [1.29, 1.82) is 0 Å². The van der Waals surface area contributed by atoms with Gasteiger partial charge >= 0.3 is 12.1 Å². The van der Waals surface area contributed by atoms with E-state index in [1.807, 2.05) is 0 Å². The Morgan fingerprint density at radius 2 is 1.89 bits per heavy atom. The quantitative estimate of drug-likeness (QED) is 0.797. The molecule has 1 saturated carbocycles. The summed E-state index contributed by atoms with van der Waals surface area (Å²) in [4.78, 5) is 11.5. The topological polar surface area (TPSA) is 52.3 Å². The van der Waals surface area contributed by atoms with Crippen molar-refractivity contribution >= 4 is 5.97 Å². The first kappa shape index (κ1) is 15.3. The predicted octanol–water partition coefficient (Wildman–Crippen LogP) is 2.64. The number of esters is 1. The molecule has 6 heteroatoms. The highest BCUT2D eigenvalue weighted by molar-refractivity contribution is 5.73. The van der Waals surface area contributed by atoms with Crippen molar-refractivity contribution in [3.8, 4) is 0 Å². The first-order valence-electron chi connectivity index (χ1n) is 6.26. The van der Waals surface area contributed by atoms with Crippen LogP contribution in [0.1, 0.15) is 38.5 Å². The Bertz CT molecular complexity index is 275. The van der Waals surface area contributed by atoms with Crippen molar-refractivity contribution in [1.82, 2.24) is 0 Å². The third kappa shape index (κ3) is 4.15. The Labute approximate surface area is 105 Å². The van der Waals surface area contributed by atoms with Gasteiger partial charge in [0.25, 0.3) is 0 Å². The number of halogens is 3. The zero-order chi connectivity index (χ0) is 13.8. The Hall–Kier alpha value is -0.780. The van der Waals surface area contributed by atoms with Crippen LogP contribution in [0.5, 0.6) is 0 Å². The van der Waals surface area contributed by atoms with Gasteiger partial charge in [-0.2, -0.15) is 13.2 Å². The van der Waals surface area contributed by atoms with Crippen LogP contribution in [0.25, 0.3) is 0 Å². The van der Waals surface area contributed by atoms with Gasteiger partial charge < -0.3 is 10.5 Å². The van der Waals surface area contributed by atoms with Gasteiger partial charge in [-0.15, -0.1) is 0 Å². The Balaban J connectivity index is 2.68. The number of nitrogens with two attached hydrogens (primary N) is 1. The van der Waals surface area contributed by atoms with Crippen molar-refractivity contribution in [3.63, 3.8) is 0 Å². The van der Waals surface area contributed by atoms with Crippen LogP contribution in [-0.4, -0.2) is 25.3 Å². The van der Waals surface area contributed by atoms with Crippen molar-refractivity contribution in [2.45, 2.75) is 50.7 Å². The maximum absolute atomic E-state index is 12.6. The average molecular weight is 267 g/mol. The lowest BCUT2D eigenvalue weighted by Crippen LogP contribution is -2.48. The highest BCUT2D eigenvalue weighted by Gasteiger charge is 2.46. The molecule has 0 heterocycles. The van der Waals surface area contributed by atoms with Crippen LogP contribution in [0.4, 0.5) is 13.2 Å². The van der Waals surface area contributed by atoms with Gasteiger partial charge in [0.05, 0.1) is 13.0 Å². The zero-order valence-corrected chi connectivity index (χ0v) is 10.5. The molecule has 0 aromatic heterocycles. The third-order valence-corrected chi connectivity index (χ3v) is 3.63. The van der Waals surface area contributed by atoms with Gasteiger partial charge in [0.15, 0.2) is 0 Å². The number of carbonyl (C=O) groups excluding carboxylic acids is 1. The minimum absolute atomic E-state index is 0.149. The average Bonchev–Trinajstić information content (AvgIpc) is 2.34.